The first kappa shape index (κ1) is 25.8. The molecule has 0 amide bonds. The maximum atomic E-state index is 13.0. The van der Waals surface area contributed by atoms with Crippen molar-refractivity contribution in [2.45, 2.75) is 50.1 Å². The van der Waals surface area contributed by atoms with Gasteiger partial charge in [0.2, 0.25) is 0 Å². The maximum absolute atomic E-state index is 13.0. The first-order valence-electron chi connectivity index (χ1n) is 10.9. The average Bonchev–Trinajstić information content (AvgIpc) is 3.17. The first-order valence-corrected chi connectivity index (χ1v) is 12.3. The van der Waals surface area contributed by atoms with Crippen LogP contribution in [-0.2, 0) is 33.9 Å². The molecule has 0 aromatic rings. The van der Waals surface area contributed by atoms with Crippen molar-refractivity contribution < 1.29 is 42.3 Å². The lowest BCUT2D eigenvalue weighted by Gasteiger charge is -2.30. The third kappa shape index (κ3) is 5.84. The molecule has 33 heavy (non-hydrogen) atoms. The Kier molecular flexibility index (Phi) is 7.70. The standard InChI is InChI=1S/C18H31BN4O9S/c1-17(20)12-23(33(29,30)22-7-5-21-6-8-22)11-13(17)3-2-4-19-31-16(28)18(32-19,9-14(24)25)10-15(26)27/h13,21H,2-12,20H2,1H3,(H,24,25)(H,26,27)/t13-,17-/m0/s1. The van der Waals surface area contributed by atoms with E-state index in [1.807, 2.05) is 6.92 Å². The van der Waals surface area contributed by atoms with Gasteiger partial charge in [0, 0.05) is 44.8 Å². The van der Waals surface area contributed by atoms with E-state index in [0.717, 1.165) is 0 Å². The van der Waals surface area contributed by atoms with E-state index in [2.05, 4.69) is 5.32 Å². The Bertz CT molecular complexity index is 862. The lowest BCUT2D eigenvalue weighted by molar-refractivity contribution is -0.157. The van der Waals surface area contributed by atoms with Crippen LogP contribution < -0.4 is 11.1 Å². The van der Waals surface area contributed by atoms with Crippen molar-refractivity contribution in [3.8, 4) is 0 Å². The number of carbonyl (C=O) groups is 3. The van der Waals surface area contributed by atoms with E-state index in [-0.39, 0.29) is 25.3 Å². The zero-order valence-electron chi connectivity index (χ0n) is 18.6. The number of nitrogens with two attached hydrogens (primary N) is 1. The molecule has 2 atom stereocenters. The minimum Gasteiger partial charge on any atom is -0.507 e. The highest BCUT2D eigenvalue weighted by atomic mass is 32.2. The summed E-state index contributed by atoms with van der Waals surface area (Å²) in [5.41, 5.74) is 3.63. The molecule has 3 aliphatic heterocycles. The zero-order chi connectivity index (χ0) is 24.4. The molecule has 13 nitrogen and oxygen atoms in total. The second kappa shape index (κ2) is 9.84. The minimum atomic E-state index is -3.61. The molecule has 3 heterocycles. The molecule has 3 saturated heterocycles. The lowest BCUT2D eigenvalue weighted by atomic mass is 9.78. The molecule has 0 bridgehead atoms. The summed E-state index contributed by atoms with van der Waals surface area (Å²) in [5, 5.41) is 21.2. The zero-order valence-corrected chi connectivity index (χ0v) is 19.4. The van der Waals surface area contributed by atoms with Crippen molar-refractivity contribution in [3.05, 3.63) is 0 Å². The van der Waals surface area contributed by atoms with Gasteiger partial charge in [-0.25, -0.2) is 0 Å². The van der Waals surface area contributed by atoms with Gasteiger partial charge >= 0.3 is 25.0 Å². The number of hydrogen-bond donors (Lipinski definition) is 4. The fraction of sp³-hybridized carbons (Fsp3) is 0.833. The number of piperazine rings is 1. The SMILES string of the molecule is C[C@]1(N)CN(S(=O)(=O)N2CCNCC2)C[C@@H]1CCCB1OC(=O)C(CC(=O)O)(CC(=O)O)O1. The summed E-state index contributed by atoms with van der Waals surface area (Å²) < 4.78 is 39.4. The number of aliphatic carboxylic acids is 2. The number of carboxylic acid groups (broad SMARTS) is 2. The van der Waals surface area contributed by atoms with Crippen LogP contribution in [0.5, 0.6) is 0 Å². The van der Waals surface area contributed by atoms with Gasteiger partial charge in [0.15, 0.2) is 5.60 Å². The van der Waals surface area contributed by atoms with Crippen LogP contribution in [0.2, 0.25) is 6.32 Å². The van der Waals surface area contributed by atoms with E-state index >= 15 is 0 Å². The Balaban J connectivity index is 1.56. The Hall–Kier alpha value is -1.78. The highest BCUT2D eigenvalue weighted by molar-refractivity contribution is 7.86. The molecule has 5 N–H and O–H groups in total. The molecule has 0 radical (unpaired) electrons. The molecule has 186 valence electrons. The molecule has 0 spiro atoms. The summed E-state index contributed by atoms with van der Waals surface area (Å²) in [6.45, 7) is 4.28. The highest BCUT2D eigenvalue weighted by Crippen LogP contribution is 2.35. The van der Waals surface area contributed by atoms with E-state index in [1.54, 1.807) is 0 Å². The predicted octanol–water partition coefficient (Wildman–Crippen LogP) is -1.68. The van der Waals surface area contributed by atoms with Gasteiger partial charge < -0.3 is 30.6 Å². The van der Waals surface area contributed by atoms with Gasteiger partial charge in [0.05, 0.1) is 12.8 Å². The topological polar surface area (TPSA) is 189 Å². The van der Waals surface area contributed by atoms with Crippen molar-refractivity contribution in [1.82, 2.24) is 13.9 Å². The van der Waals surface area contributed by atoms with Crippen molar-refractivity contribution in [1.29, 1.82) is 0 Å². The van der Waals surface area contributed by atoms with Crippen molar-refractivity contribution in [2.24, 2.45) is 11.7 Å². The Morgan fingerprint density at radius 1 is 1.21 bits per heavy atom. The second-order valence-electron chi connectivity index (χ2n) is 9.17. The number of hydrogen-bond acceptors (Lipinski definition) is 9. The van der Waals surface area contributed by atoms with Crippen LogP contribution in [0.3, 0.4) is 0 Å². The molecule has 3 aliphatic rings. The van der Waals surface area contributed by atoms with Crippen molar-refractivity contribution in [3.63, 3.8) is 0 Å². The smallest absolute Gasteiger partial charge is 0.507 e. The highest BCUT2D eigenvalue weighted by Gasteiger charge is 2.55. The fourth-order valence-electron chi connectivity index (χ4n) is 4.64. The Morgan fingerprint density at radius 3 is 2.39 bits per heavy atom. The van der Waals surface area contributed by atoms with Gasteiger partial charge in [-0.05, 0) is 25.6 Å². The lowest BCUT2D eigenvalue weighted by Crippen LogP contribution is -2.52. The van der Waals surface area contributed by atoms with Gasteiger partial charge in [0.1, 0.15) is 0 Å². The predicted molar refractivity (Wildman–Crippen MR) is 115 cm³/mol. The van der Waals surface area contributed by atoms with Crippen LogP contribution in [0.4, 0.5) is 0 Å². The Labute approximate surface area is 192 Å². The number of nitrogens with one attached hydrogen (secondary N) is 1. The number of carboxylic acids is 2. The average molecular weight is 490 g/mol. The maximum Gasteiger partial charge on any atom is 0.528 e. The van der Waals surface area contributed by atoms with E-state index in [9.17, 15) is 22.8 Å². The number of carbonyl (C=O) groups excluding carboxylic acids is 1. The third-order valence-corrected chi connectivity index (χ3v) is 8.38. The summed E-state index contributed by atoms with van der Waals surface area (Å²) in [5.74, 6) is -3.89. The van der Waals surface area contributed by atoms with Crippen molar-refractivity contribution >= 4 is 35.2 Å². The molecule has 0 aliphatic carbocycles. The molecule has 0 aromatic carbocycles. The molecule has 3 fully saturated rings. The summed E-state index contributed by atoms with van der Waals surface area (Å²) in [6.07, 6.45) is -0.409. The molecule has 15 heteroatoms. The summed E-state index contributed by atoms with van der Waals surface area (Å²) in [7, 11) is -4.68. The molecule has 0 aromatic heterocycles. The third-order valence-electron chi connectivity index (χ3n) is 6.44. The van der Waals surface area contributed by atoms with Crippen LogP contribution >= 0.6 is 0 Å². The molecular formula is C18H31BN4O9S. The van der Waals surface area contributed by atoms with Gasteiger partial charge in [-0.15, -0.1) is 0 Å². The van der Waals surface area contributed by atoms with Gasteiger partial charge in [-0.1, -0.05) is 6.42 Å². The molecular weight excluding hydrogens is 459 g/mol. The minimum absolute atomic E-state index is 0.143. The van der Waals surface area contributed by atoms with Crippen LogP contribution in [0.15, 0.2) is 0 Å². The summed E-state index contributed by atoms with van der Waals surface area (Å²) >= 11 is 0. The normalized spacial score (nSPS) is 28.7. The number of nitrogens with zero attached hydrogens (tertiary/aromatic N) is 2. The van der Waals surface area contributed by atoms with Crippen molar-refractivity contribution in [2.75, 3.05) is 39.3 Å². The van der Waals surface area contributed by atoms with Crippen LogP contribution in [0.1, 0.15) is 32.6 Å². The number of rotatable bonds is 10. The Morgan fingerprint density at radius 2 is 1.82 bits per heavy atom. The van der Waals surface area contributed by atoms with E-state index < -0.39 is 59.2 Å². The van der Waals surface area contributed by atoms with Gasteiger partial charge in [-0.2, -0.15) is 17.0 Å². The van der Waals surface area contributed by atoms with E-state index in [4.69, 9.17) is 25.3 Å². The van der Waals surface area contributed by atoms with Crippen LogP contribution in [0.25, 0.3) is 0 Å². The van der Waals surface area contributed by atoms with E-state index in [0.29, 0.717) is 39.0 Å². The second-order valence-corrected chi connectivity index (χ2v) is 11.1. The van der Waals surface area contributed by atoms with Crippen LogP contribution in [-0.4, -0.2) is 103 Å². The molecule has 0 unspecified atom stereocenters. The first-order chi connectivity index (χ1) is 15.4. The van der Waals surface area contributed by atoms with Gasteiger partial charge in [0.25, 0.3) is 10.2 Å². The van der Waals surface area contributed by atoms with E-state index in [1.165, 1.54) is 8.61 Å². The fourth-order valence-corrected chi connectivity index (χ4v) is 6.42. The molecule has 0 saturated carbocycles. The molecule has 3 rings (SSSR count). The quantitative estimate of drug-likeness (QED) is 0.256. The summed E-state index contributed by atoms with van der Waals surface area (Å²) in [4.78, 5) is 34.5. The summed E-state index contributed by atoms with van der Waals surface area (Å²) in [6, 6.07) is 0. The largest absolute Gasteiger partial charge is 0.528 e. The van der Waals surface area contributed by atoms with Crippen LogP contribution in [0, 0.1) is 5.92 Å². The monoisotopic (exact) mass is 490 g/mol. The van der Waals surface area contributed by atoms with Gasteiger partial charge in [-0.3, -0.25) is 14.4 Å².